The number of amides is 1. The van der Waals surface area contributed by atoms with Gasteiger partial charge in [0.25, 0.3) is 5.91 Å². The van der Waals surface area contributed by atoms with E-state index in [1.54, 1.807) is 12.1 Å². The Kier molecular flexibility index (Phi) is 5.97. The van der Waals surface area contributed by atoms with Gasteiger partial charge in [-0.25, -0.2) is 0 Å². The first-order valence-corrected chi connectivity index (χ1v) is 8.36. The molecule has 0 fully saturated rings. The van der Waals surface area contributed by atoms with Crippen LogP contribution in [0.1, 0.15) is 44.4 Å². The number of benzene rings is 2. The predicted molar refractivity (Wildman–Crippen MR) is 99.2 cm³/mol. The summed E-state index contributed by atoms with van der Waals surface area (Å²) in [5.74, 6) is -0.752. The first kappa shape index (κ1) is 18.7. The molecule has 1 atom stereocenters. The van der Waals surface area contributed by atoms with Crippen molar-refractivity contribution in [1.82, 2.24) is 0 Å². The molecule has 0 saturated carbocycles. The number of esters is 1. The Hall–Kier alpha value is -2.62. The molecule has 0 unspecified atom stereocenters. The summed E-state index contributed by atoms with van der Waals surface area (Å²) in [6.07, 6.45) is -0.730. The minimum Gasteiger partial charge on any atom is -0.447 e. The lowest BCUT2D eigenvalue weighted by Crippen LogP contribution is -2.27. The Morgan fingerprint density at radius 3 is 2.16 bits per heavy atom. The average Bonchev–Trinajstić information content (AvgIpc) is 2.54. The molecule has 0 spiro atoms. The van der Waals surface area contributed by atoms with Crippen LogP contribution in [0, 0.1) is 12.3 Å². The van der Waals surface area contributed by atoms with Gasteiger partial charge in [0.1, 0.15) is 0 Å². The number of aryl methyl sites for hydroxylation is 1. The second kappa shape index (κ2) is 7.97. The fourth-order valence-electron chi connectivity index (χ4n) is 2.35. The largest absolute Gasteiger partial charge is 0.447 e. The lowest BCUT2D eigenvalue weighted by atomic mass is 9.92. The maximum atomic E-state index is 12.7. The van der Waals surface area contributed by atoms with Crippen LogP contribution in [0.4, 0.5) is 5.69 Å². The molecule has 1 amide bonds. The van der Waals surface area contributed by atoms with E-state index in [1.807, 2.05) is 70.2 Å². The van der Waals surface area contributed by atoms with Gasteiger partial charge in [0.2, 0.25) is 6.10 Å². The van der Waals surface area contributed by atoms with Gasteiger partial charge in [-0.05, 0) is 24.5 Å². The van der Waals surface area contributed by atoms with Crippen LogP contribution in [-0.2, 0) is 14.3 Å². The first-order valence-electron chi connectivity index (χ1n) is 8.36. The van der Waals surface area contributed by atoms with Crippen molar-refractivity contribution in [2.24, 2.45) is 5.41 Å². The van der Waals surface area contributed by atoms with Crippen molar-refractivity contribution in [3.63, 3.8) is 0 Å². The Labute approximate surface area is 149 Å². The molecule has 0 radical (unpaired) electrons. The number of hydrogen-bond acceptors (Lipinski definition) is 3. The quantitative estimate of drug-likeness (QED) is 0.807. The summed E-state index contributed by atoms with van der Waals surface area (Å²) >= 11 is 0. The van der Waals surface area contributed by atoms with Gasteiger partial charge in [-0.3, -0.25) is 9.59 Å². The zero-order chi connectivity index (χ0) is 18.4. The molecule has 4 heteroatoms. The monoisotopic (exact) mass is 339 g/mol. The van der Waals surface area contributed by atoms with E-state index in [0.717, 1.165) is 5.56 Å². The summed E-state index contributed by atoms with van der Waals surface area (Å²) in [5.41, 5.74) is 2.22. The van der Waals surface area contributed by atoms with Crippen molar-refractivity contribution in [2.75, 3.05) is 5.32 Å². The van der Waals surface area contributed by atoms with Crippen LogP contribution in [0.15, 0.2) is 54.6 Å². The van der Waals surface area contributed by atoms with Crippen LogP contribution in [-0.4, -0.2) is 11.9 Å². The minimum atomic E-state index is -0.975. The van der Waals surface area contributed by atoms with Gasteiger partial charge >= 0.3 is 5.97 Å². The smallest absolute Gasteiger partial charge is 0.307 e. The summed E-state index contributed by atoms with van der Waals surface area (Å²) in [6, 6.07) is 16.5. The van der Waals surface area contributed by atoms with Crippen molar-refractivity contribution < 1.29 is 14.3 Å². The third kappa shape index (κ3) is 6.07. The molecule has 4 nitrogen and oxygen atoms in total. The maximum Gasteiger partial charge on any atom is 0.307 e. The molecule has 0 aromatic heterocycles. The lowest BCUT2D eigenvalue weighted by molar-refractivity contribution is -0.156. The minimum absolute atomic E-state index is 0.203. The SMILES string of the molecule is Cc1ccc(NC(=O)[C@@H](OC(=O)CC(C)(C)C)c2ccccc2)cc1. The number of carbonyl (C=O) groups excluding carboxylic acids is 2. The standard InChI is InChI=1S/C21H25NO3/c1-15-10-12-17(13-11-15)22-20(24)19(16-8-6-5-7-9-16)25-18(23)14-21(2,3)4/h5-13,19H,14H2,1-4H3,(H,22,24)/t19-/m0/s1. The fraction of sp³-hybridized carbons (Fsp3) is 0.333. The highest BCUT2D eigenvalue weighted by molar-refractivity contribution is 5.96. The van der Waals surface area contributed by atoms with Gasteiger partial charge in [-0.1, -0.05) is 68.8 Å². The Bertz CT molecular complexity index is 715. The number of anilines is 1. The third-order valence-corrected chi connectivity index (χ3v) is 3.58. The number of ether oxygens (including phenoxy) is 1. The van der Waals surface area contributed by atoms with E-state index in [9.17, 15) is 9.59 Å². The van der Waals surface area contributed by atoms with Crippen LogP contribution in [0.25, 0.3) is 0 Å². The molecule has 25 heavy (non-hydrogen) atoms. The zero-order valence-electron chi connectivity index (χ0n) is 15.2. The van der Waals surface area contributed by atoms with Gasteiger partial charge in [0.05, 0.1) is 6.42 Å². The lowest BCUT2D eigenvalue weighted by Gasteiger charge is -2.21. The van der Waals surface area contributed by atoms with E-state index in [2.05, 4.69) is 5.32 Å². The topological polar surface area (TPSA) is 55.4 Å². The zero-order valence-corrected chi connectivity index (χ0v) is 15.2. The van der Waals surface area contributed by atoms with Crippen molar-refractivity contribution in [3.8, 4) is 0 Å². The molecule has 1 N–H and O–H groups in total. The van der Waals surface area contributed by atoms with E-state index < -0.39 is 6.10 Å². The van der Waals surface area contributed by atoms with Crippen LogP contribution in [0.5, 0.6) is 0 Å². The summed E-state index contributed by atoms with van der Waals surface area (Å²) < 4.78 is 5.52. The summed E-state index contributed by atoms with van der Waals surface area (Å²) in [4.78, 5) is 25.0. The molecule has 2 rings (SSSR count). The highest BCUT2D eigenvalue weighted by Gasteiger charge is 2.27. The van der Waals surface area contributed by atoms with Gasteiger partial charge in [-0.15, -0.1) is 0 Å². The Morgan fingerprint density at radius 2 is 1.60 bits per heavy atom. The number of nitrogens with one attached hydrogen (secondary N) is 1. The van der Waals surface area contributed by atoms with E-state index in [4.69, 9.17) is 4.74 Å². The number of hydrogen-bond donors (Lipinski definition) is 1. The van der Waals surface area contributed by atoms with Crippen molar-refractivity contribution >= 4 is 17.6 Å². The Morgan fingerprint density at radius 1 is 1.00 bits per heavy atom. The molecule has 2 aromatic carbocycles. The van der Waals surface area contributed by atoms with E-state index in [1.165, 1.54) is 0 Å². The highest BCUT2D eigenvalue weighted by atomic mass is 16.5. The molecule has 132 valence electrons. The van der Waals surface area contributed by atoms with Crippen LogP contribution < -0.4 is 5.32 Å². The highest BCUT2D eigenvalue weighted by Crippen LogP contribution is 2.24. The van der Waals surface area contributed by atoms with Crippen molar-refractivity contribution in [3.05, 3.63) is 65.7 Å². The van der Waals surface area contributed by atoms with E-state index >= 15 is 0 Å². The van der Waals surface area contributed by atoms with Gasteiger partial charge in [-0.2, -0.15) is 0 Å². The molecular formula is C21H25NO3. The van der Waals surface area contributed by atoms with Crippen LogP contribution in [0.2, 0.25) is 0 Å². The predicted octanol–water partition coefficient (Wildman–Crippen LogP) is 4.65. The molecule has 0 saturated heterocycles. The fourth-order valence-corrected chi connectivity index (χ4v) is 2.35. The normalized spacial score (nSPS) is 12.3. The van der Waals surface area contributed by atoms with E-state index in [0.29, 0.717) is 11.3 Å². The molecular weight excluding hydrogens is 314 g/mol. The molecule has 0 aliphatic heterocycles. The maximum absolute atomic E-state index is 12.7. The summed E-state index contributed by atoms with van der Waals surface area (Å²) in [6.45, 7) is 7.85. The summed E-state index contributed by atoms with van der Waals surface area (Å²) in [7, 11) is 0. The van der Waals surface area contributed by atoms with Crippen molar-refractivity contribution in [1.29, 1.82) is 0 Å². The third-order valence-electron chi connectivity index (χ3n) is 3.58. The molecule has 2 aromatic rings. The van der Waals surface area contributed by atoms with Crippen LogP contribution in [0.3, 0.4) is 0 Å². The number of carbonyl (C=O) groups is 2. The summed E-state index contributed by atoms with van der Waals surface area (Å²) in [5, 5.41) is 2.82. The van der Waals surface area contributed by atoms with Gasteiger partial charge in [0.15, 0.2) is 0 Å². The van der Waals surface area contributed by atoms with Crippen LogP contribution >= 0.6 is 0 Å². The Balaban J connectivity index is 2.17. The molecule has 0 aliphatic rings. The van der Waals surface area contributed by atoms with E-state index in [-0.39, 0.29) is 23.7 Å². The molecule has 0 bridgehead atoms. The first-order chi connectivity index (χ1) is 11.7. The molecule has 0 heterocycles. The van der Waals surface area contributed by atoms with Crippen molar-refractivity contribution in [2.45, 2.75) is 40.2 Å². The molecule has 0 aliphatic carbocycles. The average molecular weight is 339 g/mol. The number of rotatable bonds is 5. The second-order valence-corrected chi connectivity index (χ2v) is 7.37. The second-order valence-electron chi connectivity index (χ2n) is 7.37. The van der Waals surface area contributed by atoms with Gasteiger partial charge < -0.3 is 10.1 Å². The van der Waals surface area contributed by atoms with Gasteiger partial charge in [0, 0.05) is 11.3 Å².